The number of anilines is 1. The Morgan fingerprint density at radius 2 is 2.00 bits per heavy atom. The fourth-order valence-corrected chi connectivity index (χ4v) is 2.23. The van der Waals surface area contributed by atoms with Gasteiger partial charge in [0, 0.05) is 42.1 Å². The molecule has 0 aliphatic carbocycles. The van der Waals surface area contributed by atoms with Crippen LogP contribution in [-0.4, -0.2) is 17.0 Å². The fraction of sp³-hybridized carbons (Fsp3) is 0.286. The van der Waals surface area contributed by atoms with Gasteiger partial charge in [-0.3, -0.25) is 0 Å². The van der Waals surface area contributed by atoms with Crippen LogP contribution >= 0.6 is 15.9 Å². The van der Waals surface area contributed by atoms with Crippen molar-refractivity contribution in [1.29, 1.82) is 0 Å². The summed E-state index contributed by atoms with van der Waals surface area (Å²) >= 11 is 3.55. The Morgan fingerprint density at radius 3 is 2.63 bits per heavy atom. The number of aromatic nitrogens is 2. The van der Waals surface area contributed by atoms with E-state index in [-0.39, 0.29) is 0 Å². The first-order chi connectivity index (χ1) is 9.11. The maximum Gasteiger partial charge on any atom is 0.225 e. The van der Waals surface area contributed by atoms with Crippen LogP contribution in [0.3, 0.4) is 0 Å². The number of hydrogen-bond acceptors (Lipinski definition) is 4. The molecule has 100 valence electrons. The van der Waals surface area contributed by atoms with Crippen LogP contribution in [0.15, 0.2) is 34.9 Å². The van der Waals surface area contributed by atoms with Gasteiger partial charge in [-0.2, -0.15) is 0 Å². The van der Waals surface area contributed by atoms with Crippen molar-refractivity contribution in [1.82, 2.24) is 9.97 Å². The lowest BCUT2D eigenvalue weighted by Crippen LogP contribution is -2.20. The van der Waals surface area contributed by atoms with Crippen LogP contribution in [0.5, 0.6) is 0 Å². The van der Waals surface area contributed by atoms with Crippen molar-refractivity contribution in [3.63, 3.8) is 0 Å². The van der Waals surface area contributed by atoms with Gasteiger partial charge in [0.2, 0.25) is 5.95 Å². The molecule has 0 radical (unpaired) electrons. The van der Waals surface area contributed by atoms with E-state index in [0.29, 0.717) is 12.5 Å². The molecule has 0 spiro atoms. The van der Waals surface area contributed by atoms with Gasteiger partial charge in [-0.1, -0.05) is 34.1 Å². The van der Waals surface area contributed by atoms with Crippen molar-refractivity contribution >= 4 is 21.9 Å². The summed E-state index contributed by atoms with van der Waals surface area (Å²) in [7, 11) is 1.98. The number of hydrogen-bond donors (Lipinski definition) is 1. The quantitative estimate of drug-likeness (QED) is 0.941. The molecule has 2 rings (SSSR count). The van der Waals surface area contributed by atoms with Crippen molar-refractivity contribution in [3.8, 4) is 0 Å². The Balaban J connectivity index is 2.18. The van der Waals surface area contributed by atoms with E-state index in [0.717, 1.165) is 22.3 Å². The average molecular weight is 321 g/mol. The van der Waals surface area contributed by atoms with Gasteiger partial charge < -0.3 is 10.6 Å². The van der Waals surface area contributed by atoms with E-state index in [4.69, 9.17) is 5.73 Å². The molecule has 0 aliphatic rings. The summed E-state index contributed by atoms with van der Waals surface area (Å²) in [5, 5.41) is 0. The first-order valence-corrected chi connectivity index (χ1v) is 6.88. The highest BCUT2D eigenvalue weighted by atomic mass is 79.9. The minimum atomic E-state index is 0.472. The largest absolute Gasteiger partial charge is 0.340 e. The Bertz CT molecular complexity index is 571. The summed E-state index contributed by atoms with van der Waals surface area (Å²) in [5.74, 6) is 0.713. The SMILES string of the molecule is Cc1nc(N(C)Cc2ccccc2Br)ncc1CN. The highest BCUT2D eigenvalue weighted by Crippen LogP contribution is 2.19. The minimum Gasteiger partial charge on any atom is -0.340 e. The predicted octanol–water partition coefficient (Wildman–Crippen LogP) is 2.64. The topological polar surface area (TPSA) is 55.0 Å². The lowest BCUT2D eigenvalue weighted by molar-refractivity contribution is 0.844. The van der Waals surface area contributed by atoms with E-state index in [1.54, 1.807) is 6.20 Å². The highest BCUT2D eigenvalue weighted by Gasteiger charge is 2.09. The van der Waals surface area contributed by atoms with Gasteiger partial charge >= 0.3 is 0 Å². The smallest absolute Gasteiger partial charge is 0.225 e. The molecule has 19 heavy (non-hydrogen) atoms. The molecule has 0 unspecified atom stereocenters. The fourth-order valence-electron chi connectivity index (χ4n) is 1.82. The third-order valence-corrected chi connectivity index (χ3v) is 3.77. The van der Waals surface area contributed by atoms with Gasteiger partial charge in [-0.15, -0.1) is 0 Å². The number of halogens is 1. The molecule has 0 bridgehead atoms. The Morgan fingerprint density at radius 1 is 1.26 bits per heavy atom. The zero-order valence-corrected chi connectivity index (χ0v) is 12.7. The Hall–Kier alpha value is -1.46. The maximum absolute atomic E-state index is 5.62. The van der Waals surface area contributed by atoms with Gasteiger partial charge in [-0.25, -0.2) is 9.97 Å². The summed E-state index contributed by atoms with van der Waals surface area (Å²) in [4.78, 5) is 10.9. The number of nitrogens with zero attached hydrogens (tertiary/aromatic N) is 3. The molecule has 2 N–H and O–H groups in total. The van der Waals surface area contributed by atoms with Crippen molar-refractivity contribution in [3.05, 3.63) is 51.8 Å². The summed E-state index contributed by atoms with van der Waals surface area (Å²) in [6.07, 6.45) is 1.80. The monoisotopic (exact) mass is 320 g/mol. The van der Waals surface area contributed by atoms with Crippen LogP contribution in [0.1, 0.15) is 16.8 Å². The second kappa shape index (κ2) is 6.12. The first kappa shape index (κ1) is 14.0. The third kappa shape index (κ3) is 3.30. The summed E-state index contributed by atoms with van der Waals surface area (Å²) in [5.41, 5.74) is 8.74. The molecule has 0 saturated heterocycles. The summed E-state index contributed by atoms with van der Waals surface area (Å²) < 4.78 is 1.09. The molecular formula is C14H17BrN4. The van der Waals surface area contributed by atoms with Gasteiger partial charge in [0.25, 0.3) is 0 Å². The van der Waals surface area contributed by atoms with Crippen LogP contribution in [0.25, 0.3) is 0 Å². The first-order valence-electron chi connectivity index (χ1n) is 6.09. The Kier molecular flexibility index (Phi) is 4.50. The molecule has 0 amide bonds. The van der Waals surface area contributed by atoms with Crippen molar-refractivity contribution in [2.24, 2.45) is 5.73 Å². The zero-order chi connectivity index (χ0) is 13.8. The molecule has 0 fully saturated rings. The van der Waals surface area contributed by atoms with Crippen LogP contribution < -0.4 is 10.6 Å². The van der Waals surface area contributed by atoms with Crippen LogP contribution in [0.2, 0.25) is 0 Å². The van der Waals surface area contributed by atoms with Crippen molar-refractivity contribution in [2.75, 3.05) is 11.9 Å². The van der Waals surface area contributed by atoms with E-state index in [1.807, 2.05) is 37.1 Å². The number of nitrogens with two attached hydrogens (primary N) is 1. The average Bonchev–Trinajstić information content (AvgIpc) is 2.41. The molecular weight excluding hydrogens is 304 g/mol. The predicted molar refractivity (Wildman–Crippen MR) is 80.9 cm³/mol. The van der Waals surface area contributed by atoms with Gasteiger partial charge in [-0.05, 0) is 18.6 Å². The molecule has 1 aromatic heterocycles. The van der Waals surface area contributed by atoms with E-state index in [9.17, 15) is 0 Å². The van der Waals surface area contributed by atoms with Crippen molar-refractivity contribution < 1.29 is 0 Å². The van der Waals surface area contributed by atoms with Crippen LogP contribution in [0, 0.1) is 6.92 Å². The molecule has 2 aromatic rings. The molecule has 1 heterocycles. The van der Waals surface area contributed by atoms with E-state index in [2.05, 4.69) is 32.0 Å². The third-order valence-electron chi connectivity index (χ3n) is 2.99. The molecule has 5 heteroatoms. The lowest BCUT2D eigenvalue weighted by Gasteiger charge is -2.18. The molecule has 0 aliphatic heterocycles. The Labute approximate surface area is 121 Å². The van der Waals surface area contributed by atoms with Gasteiger partial charge in [0.1, 0.15) is 0 Å². The number of aryl methyl sites for hydroxylation is 1. The van der Waals surface area contributed by atoms with Gasteiger partial charge in [0.05, 0.1) is 0 Å². The molecule has 4 nitrogen and oxygen atoms in total. The second-order valence-electron chi connectivity index (χ2n) is 4.43. The van der Waals surface area contributed by atoms with E-state index >= 15 is 0 Å². The molecule has 1 aromatic carbocycles. The molecule has 0 saturated carbocycles. The standard InChI is InChI=1S/C14H17BrN4/c1-10-12(7-16)8-17-14(18-10)19(2)9-11-5-3-4-6-13(11)15/h3-6,8H,7,9,16H2,1-2H3. The molecule has 0 atom stereocenters. The lowest BCUT2D eigenvalue weighted by atomic mass is 10.2. The van der Waals surface area contributed by atoms with Gasteiger partial charge in [0.15, 0.2) is 0 Å². The summed E-state index contributed by atoms with van der Waals surface area (Å²) in [6, 6.07) is 8.15. The maximum atomic E-state index is 5.62. The number of rotatable bonds is 4. The summed E-state index contributed by atoms with van der Waals surface area (Å²) in [6.45, 7) is 3.18. The van der Waals surface area contributed by atoms with Crippen LogP contribution in [-0.2, 0) is 13.1 Å². The zero-order valence-electron chi connectivity index (χ0n) is 11.1. The van der Waals surface area contributed by atoms with E-state index < -0.39 is 0 Å². The highest BCUT2D eigenvalue weighted by molar-refractivity contribution is 9.10. The minimum absolute atomic E-state index is 0.472. The van der Waals surface area contributed by atoms with Crippen LogP contribution in [0.4, 0.5) is 5.95 Å². The number of benzene rings is 1. The second-order valence-corrected chi connectivity index (χ2v) is 5.29. The van der Waals surface area contributed by atoms with Crippen molar-refractivity contribution in [2.45, 2.75) is 20.0 Å². The van der Waals surface area contributed by atoms with E-state index in [1.165, 1.54) is 5.56 Å². The normalized spacial score (nSPS) is 10.5.